The molecule has 0 radical (unpaired) electrons. The number of aromatic nitrogens is 2. The number of sulfonamides is 1. The second-order valence-electron chi connectivity index (χ2n) is 7.53. The van der Waals surface area contributed by atoms with E-state index in [2.05, 4.69) is 14.9 Å². The van der Waals surface area contributed by atoms with E-state index in [1.165, 1.54) is 12.1 Å². The van der Waals surface area contributed by atoms with Gasteiger partial charge in [0, 0.05) is 16.5 Å². The molecule has 0 spiro atoms. The predicted octanol–water partition coefficient (Wildman–Crippen LogP) is 3.23. The Morgan fingerprint density at radius 1 is 1.21 bits per heavy atom. The van der Waals surface area contributed by atoms with Gasteiger partial charge in [-0.15, -0.1) is 5.10 Å². The van der Waals surface area contributed by atoms with Crippen molar-refractivity contribution in [1.29, 1.82) is 0 Å². The summed E-state index contributed by atoms with van der Waals surface area (Å²) in [7, 11) is -4.46. The van der Waals surface area contributed by atoms with Crippen LogP contribution in [-0.2, 0) is 10.0 Å². The Hall–Kier alpha value is -3.54. The van der Waals surface area contributed by atoms with Crippen LogP contribution < -0.4 is 16.2 Å². The average molecular weight is 505 g/mol. The van der Waals surface area contributed by atoms with Gasteiger partial charge >= 0.3 is 5.76 Å². The van der Waals surface area contributed by atoms with Crippen LogP contribution in [-0.4, -0.2) is 24.5 Å². The number of H-pyrrole nitrogens is 1. The summed E-state index contributed by atoms with van der Waals surface area (Å²) in [6.45, 7) is 1.56. The third-order valence-corrected chi connectivity index (χ3v) is 7.11. The van der Waals surface area contributed by atoms with Crippen LogP contribution in [0.2, 0.25) is 5.02 Å². The maximum absolute atomic E-state index is 15.0. The third-order valence-electron chi connectivity index (χ3n) is 5.37. The molecule has 12 heteroatoms. The molecule has 3 aromatic carbocycles. The van der Waals surface area contributed by atoms with Crippen molar-refractivity contribution in [2.45, 2.75) is 23.8 Å². The summed E-state index contributed by atoms with van der Waals surface area (Å²) in [6, 6.07) is 12.0. The number of rotatable bonds is 7. The molecule has 4 aromatic rings. The minimum Gasteiger partial charge on any atom is -0.391 e. The Kier molecular flexibility index (Phi) is 6.26. The lowest BCUT2D eigenvalue weighted by Gasteiger charge is -2.24. The summed E-state index contributed by atoms with van der Waals surface area (Å²) in [6.07, 6.45) is 0. The van der Waals surface area contributed by atoms with Gasteiger partial charge in [-0.2, -0.15) is 4.72 Å². The first kappa shape index (κ1) is 23.6. The summed E-state index contributed by atoms with van der Waals surface area (Å²) in [5.41, 5.74) is 5.18. The van der Waals surface area contributed by atoms with E-state index in [9.17, 15) is 18.0 Å². The molecule has 0 unspecified atom stereocenters. The van der Waals surface area contributed by atoms with Gasteiger partial charge in [0.05, 0.1) is 10.5 Å². The standard InChI is InChI=1S/C22H18ClFN4O5S/c1-11(18-14-5-3-2-4-12(14)6-8-16(18)24)19(21-26-27-22(30)33-21)28-34(31,32)17-9-7-13(23)10-15(17)20(25)29/h2-11,19,28H,1H3,(H2,25,29)(H,27,30)/t11-,19+/m1/s1. The number of carbonyl (C=O) groups excluding carboxylic acids is 1. The Balaban J connectivity index is 1.86. The van der Waals surface area contributed by atoms with Crippen molar-refractivity contribution in [3.05, 3.63) is 93.0 Å². The van der Waals surface area contributed by atoms with Gasteiger partial charge in [-0.25, -0.2) is 22.7 Å². The van der Waals surface area contributed by atoms with Crippen LogP contribution in [0.15, 0.2) is 68.7 Å². The highest BCUT2D eigenvalue weighted by atomic mass is 35.5. The van der Waals surface area contributed by atoms with Crippen LogP contribution >= 0.6 is 11.6 Å². The van der Waals surface area contributed by atoms with Gasteiger partial charge in [-0.3, -0.25) is 4.79 Å². The zero-order valence-corrected chi connectivity index (χ0v) is 19.2. The lowest BCUT2D eigenvalue weighted by molar-refractivity contribution is 0.0997. The molecular formula is C22H18ClFN4O5S. The quantitative estimate of drug-likeness (QED) is 0.352. The molecular weight excluding hydrogens is 487 g/mol. The summed E-state index contributed by atoms with van der Waals surface area (Å²) in [4.78, 5) is 23.1. The van der Waals surface area contributed by atoms with E-state index in [-0.39, 0.29) is 22.0 Å². The normalized spacial score (nSPS) is 13.6. The van der Waals surface area contributed by atoms with Crippen LogP contribution in [0.4, 0.5) is 4.39 Å². The molecule has 0 aliphatic heterocycles. The second-order valence-corrected chi connectivity index (χ2v) is 9.64. The monoisotopic (exact) mass is 504 g/mol. The number of amides is 1. The molecule has 9 nitrogen and oxygen atoms in total. The number of primary amides is 1. The Labute approximate surface area is 197 Å². The number of aromatic amines is 1. The first-order chi connectivity index (χ1) is 16.1. The largest absolute Gasteiger partial charge is 0.434 e. The average Bonchev–Trinajstić information content (AvgIpc) is 3.22. The van der Waals surface area contributed by atoms with Gasteiger partial charge in [0.15, 0.2) is 0 Å². The summed E-state index contributed by atoms with van der Waals surface area (Å²) < 4.78 is 49.1. The van der Waals surface area contributed by atoms with Crippen LogP contribution in [0.25, 0.3) is 10.8 Å². The van der Waals surface area contributed by atoms with E-state index in [1.54, 1.807) is 37.3 Å². The van der Waals surface area contributed by atoms with Gasteiger partial charge in [0.25, 0.3) is 0 Å². The summed E-state index contributed by atoms with van der Waals surface area (Å²) in [5.74, 6) is -3.75. The number of halogens is 2. The van der Waals surface area contributed by atoms with Crippen LogP contribution in [0, 0.1) is 5.82 Å². The number of benzene rings is 3. The molecule has 2 atom stereocenters. The number of nitrogens with two attached hydrogens (primary N) is 1. The van der Waals surface area contributed by atoms with E-state index in [0.29, 0.717) is 5.39 Å². The molecule has 0 bridgehead atoms. The Morgan fingerprint density at radius 3 is 2.62 bits per heavy atom. The van der Waals surface area contributed by atoms with E-state index >= 15 is 4.39 Å². The highest BCUT2D eigenvalue weighted by Gasteiger charge is 2.34. The lowest BCUT2D eigenvalue weighted by Crippen LogP contribution is -2.34. The molecule has 34 heavy (non-hydrogen) atoms. The highest BCUT2D eigenvalue weighted by molar-refractivity contribution is 7.89. The van der Waals surface area contributed by atoms with Gasteiger partial charge < -0.3 is 10.2 Å². The fourth-order valence-corrected chi connectivity index (χ4v) is 5.43. The zero-order chi connectivity index (χ0) is 24.6. The Bertz CT molecular complexity index is 1570. The maximum Gasteiger partial charge on any atom is 0.434 e. The SMILES string of the molecule is C[C@H](c1c(F)ccc2ccccc12)[C@H](NS(=O)(=O)c1ccc(Cl)cc1C(N)=O)c1n[nH]c(=O)o1. The van der Waals surface area contributed by atoms with Gasteiger partial charge in [0.1, 0.15) is 11.9 Å². The molecule has 0 saturated carbocycles. The lowest BCUT2D eigenvalue weighted by atomic mass is 9.89. The number of nitrogens with one attached hydrogen (secondary N) is 2. The van der Waals surface area contributed by atoms with E-state index in [0.717, 1.165) is 17.5 Å². The molecule has 0 saturated heterocycles. The van der Waals surface area contributed by atoms with Crippen molar-refractivity contribution < 1.29 is 22.0 Å². The van der Waals surface area contributed by atoms with E-state index in [4.69, 9.17) is 21.8 Å². The van der Waals surface area contributed by atoms with Crippen molar-refractivity contribution in [2.24, 2.45) is 5.73 Å². The minimum absolute atomic E-state index is 0.105. The fraction of sp³-hybridized carbons (Fsp3) is 0.136. The number of carbonyl (C=O) groups is 1. The van der Waals surface area contributed by atoms with Crippen LogP contribution in [0.5, 0.6) is 0 Å². The van der Waals surface area contributed by atoms with Crippen molar-refractivity contribution in [2.75, 3.05) is 0 Å². The van der Waals surface area contributed by atoms with Crippen molar-refractivity contribution in [1.82, 2.24) is 14.9 Å². The van der Waals surface area contributed by atoms with Crippen molar-refractivity contribution in [3.8, 4) is 0 Å². The molecule has 0 aliphatic rings. The van der Waals surface area contributed by atoms with Crippen LogP contribution in [0.1, 0.15) is 40.7 Å². The molecule has 176 valence electrons. The maximum atomic E-state index is 15.0. The van der Waals surface area contributed by atoms with Crippen LogP contribution in [0.3, 0.4) is 0 Å². The fourth-order valence-electron chi connectivity index (χ4n) is 3.80. The molecule has 4 N–H and O–H groups in total. The molecule has 0 fully saturated rings. The molecule has 1 amide bonds. The number of hydrogen-bond donors (Lipinski definition) is 3. The van der Waals surface area contributed by atoms with Crippen molar-refractivity contribution in [3.63, 3.8) is 0 Å². The van der Waals surface area contributed by atoms with Gasteiger partial charge in [-0.05, 0) is 35.0 Å². The smallest absolute Gasteiger partial charge is 0.391 e. The van der Waals surface area contributed by atoms with Gasteiger partial charge in [0.2, 0.25) is 21.8 Å². The number of hydrogen-bond acceptors (Lipinski definition) is 6. The highest BCUT2D eigenvalue weighted by Crippen LogP contribution is 2.37. The van der Waals surface area contributed by atoms with Crippen molar-refractivity contribution >= 4 is 38.3 Å². The number of nitrogens with zero attached hydrogens (tertiary/aromatic N) is 1. The summed E-state index contributed by atoms with van der Waals surface area (Å²) >= 11 is 5.89. The van der Waals surface area contributed by atoms with E-state index < -0.39 is 44.4 Å². The third kappa shape index (κ3) is 4.45. The first-order valence-electron chi connectivity index (χ1n) is 9.92. The molecule has 4 rings (SSSR count). The Morgan fingerprint density at radius 2 is 1.94 bits per heavy atom. The summed E-state index contributed by atoms with van der Waals surface area (Å²) in [5, 5.41) is 7.21. The predicted molar refractivity (Wildman–Crippen MR) is 122 cm³/mol. The second kappa shape index (κ2) is 9.01. The number of fused-ring (bicyclic) bond motifs is 1. The minimum atomic E-state index is -4.46. The zero-order valence-electron chi connectivity index (χ0n) is 17.6. The van der Waals surface area contributed by atoms with Gasteiger partial charge in [-0.1, -0.05) is 48.9 Å². The molecule has 0 aliphatic carbocycles. The topological polar surface area (TPSA) is 148 Å². The molecule has 1 heterocycles. The first-order valence-corrected chi connectivity index (χ1v) is 11.8. The van der Waals surface area contributed by atoms with E-state index in [1.807, 2.05) is 0 Å². The molecule has 1 aromatic heterocycles.